The van der Waals surface area contributed by atoms with Crippen LogP contribution in [0.3, 0.4) is 0 Å². The number of nitrogens with zero attached hydrogens (tertiary/aromatic N) is 2. The van der Waals surface area contributed by atoms with Crippen molar-refractivity contribution in [3.05, 3.63) is 107 Å². The van der Waals surface area contributed by atoms with Crippen molar-refractivity contribution in [2.45, 2.75) is 0 Å². The van der Waals surface area contributed by atoms with Crippen LogP contribution in [0.2, 0.25) is 0 Å². The lowest BCUT2D eigenvalue weighted by molar-refractivity contribution is 0.197. The molecule has 0 spiro atoms. The molecule has 4 aromatic rings. The molecule has 27 heavy (non-hydrogen) atoms. The van der Waals surface area contributed by atoms with Gasteiger partial charge in [-0.15, -0.1) is 0 Å². The van der Waals surface area contributed by atoms with Crippen molar-refractivity contribution in [2.24, 2.45) is 0 Å². The van der Waals surface area contributed by atoms with Crippen LogP contribution in [0.15, 0.2) is 102 Å². The maximum absolute atomic E-state index is 13.0. The van der Waals surface area contributed by atoms with Crippen molar-refractivity contribution in [1.82, 2.24) is 9.36 Å². The van der Waals surface area contributed by atoms with Gasteiger partial charge in [0.1, 0.15) is 5.75 Å². The second kappa shape index (κ2) is 7.17. The summed E-state index contributed by atoms with van der Waals surface area (Å²) < 4.78 is 8.08. The standard InChI is InChI=1S/C22H16N2O3/c25-21-16-20(17-10-4-1-5-11-17)24(23(21)18-12-6-2-7-13-18)22(26)27-19-14-8-3-9-15-19/h1-16H. The van der Waals surface area contributed by atoms with Gasteiger partial charge in [0.05, 0.1) is 11.4 Å². The van der Waals surface area contributed by atoms with Crippen LogP contribution < -0.4 is 10.3 Å². The molecule has 1 heterocycles. The Kier molecular flexibility index (Phi) is 4.41. The van der Waals surface area contributed by atoms with Gasteiger partial charge in [0, 0.05) is 11.6 Å². The molecule has 0 amide bonds. The molecule has 0 saturated heterocycles. The molecule has 0 bridgehead atoms. The van der Waals surface area contributed by atoms with Gasteiger partial charge in [0.2, 0.25) is 0 Å². The molecule has 4 rings (SSSR count). The molecule has 0 atom stereocenters. The molecular weight excluding hydrogens is 340 g/mol. The van der Waals surface area contributed by atoms with Crippen LogP contribution in [0.4, 0.5) is 4.79 Å². The van der Waals surface area contributed by atoms with Gasteiger partial charge in [-0.2, -0.15) is 4.68 Å². The average molecular weight is 356 g/mol. The minimum absolute atomic E-state index is 0.315. The highest BCUT2D eigenvalue weighted by Gasteiger charge is 2.21. The Morgan fingerprint density at radius 1 is 0.741 bits per heavy atom. The Morgan fingerprint density at radius 3 is 1.93 bits per heavy atom. The summed E-state index contributed by atoms with van der Waals surface area (Å²) >= 11 is 0. The molecule has 0 saturated carbocycles. The van der Waals surface area contributed by atoms with Gasteiger partial charge < -0.3 is 4.74 Å². The van der Waals surface area contributed by atoms with Crippen molar-refractivity contribution in [3.63, 3.8) is 0 Å². The number of ether oxygens (including phenoxy) is 1. The van der Waals surface area contributed by atoms with E-state index in [2.05, 4.69) is 0 Å². The quantitative estimate of drug-likeness (QED) is 0.548. The summed E-state index contributed by atoms with van der Waals surface area (Å²) in [4.78, 5) is 25.7. The Bertz CT molecular complexity index is 1110. The first kappa shape index (κ1) is 16.6. The SMILES string of the molecule is O=C(Oc1ccccc1)n1c(-c2ccccc2)cc(=O)n1-c1ccccc1. The molecule has 3 aromatic carbocycles. The number of rotatable bonds is 3. The number of para-hydroxylation sites is 2. The van der Waals surface area contributed by atoms with Gasteiger partial charge in [-0.1, -0.05) is 66.7 Å². The highest BCUT2D eigenvalue weighted by atomic mass is 16.6. The largest absolute Gasteiger partial charge is 0.439 e. The summed E-state index contributed by atoms with van der Waals surface area (Å²) in [6, 6.07) is 28.5. The third kappa shape index (κ3) is 3.30. The van der Waals surface area contributed by atoms with Crippen LogP contribution in [-0.4, -0.2) is 15.5 Å². The molecule has 0 aliphatic carbocycles. The van der Waals surface area contributed by atoms with E-state index in [1.165, 1.54) is 15.4 Å². The lowest BCUT2D eigenvalue weighted by Gasteiger charge is -2.14. The minimum Gasteiger partial charge on any atom is -0.409 e. The van der Waals surface area contributed by atoms with Gasteiger partial charge in [0.25, 0.3) is 5.56 Å². The Labute approximate surface area is 155 Å². The van der Waals surface area contributed by atoms with E-state index in [-0.39, 0.29) is 5.56 Å². The van der Waals surface area contributed by atoms with Crippen molar-refractivity contribution in [1.29, 1.82) is 0 Å². The van der Waals surface area contributed by atoms with Crippen molar-refractivity contribution in [3.8, 4) is 22.7 Å². The van der Waals surface area contributed by atoms with E-state index in [1.54, 1.807) is 36.4 Å². The van der Waals surface area contributed by atoms with E-state index in [0.29, 0.717) is 17.1 Å². The second-order valence-electron chi connectivity index (χ2n) is 5.87. The van der Waals surface area contributed by atoms with Crippen molar-refractivity contribution < 1.29 is 9.53 Å². The molecule has 0 radical (unpaired) electrons. The molecule has 132 valence electrons. The maximum atomic E-state index is 13.0. The predicted octanol–water partition coefficient (Wildman–Crippen LogP) is 4.35. The van der Waals surface area contributed by atoms with Gasteiger partial charge in [0.15, 0.2) is 0 Å². The maximum Gasteiger partial charge on any atom is 0.439 e. The molecule has 0 aliphatic heterocycles. The Hall–Kier alpha value is -3.86. The summed E-state index contributed by atoms with van der Waals surface area (Å²) in [6.45, 7) is 0. The fourth-order valence-electron chi connectivity index (χ4n) is 2.88. The number of carbonyl (C=O) groups is 1. The molecule has 5 heteroatoms. The van der Waals surface area contributed by atoms with Crippen LogP contribution in [0.25, 0.3) is 16.9 Å². The normalized spacial score (nSPS) is 10.5. The number of benzene rings is 3. The molecule has 0 unspecified atom stereocenters. The minimum atomic E-state index is -0.661. The molecular formula is C22H16N2O3. The molecule has 0 fully saturated rings. The van der Waals surface area contributed by atoms with E-state index in [0.717, 1.165) is 5.56 Å². The fourth-order valence-corrected chi connectivity index (χ4v) is 2.88. The molecule has 0 N–H and O–H groups in total. The van der Waals surface area contributed by atoms with Crippen LogP contribution >= 0.6 is 0 Å². The summed E-state index contributed by atoms with van der Waals surface area (Å²) in [5, 5.41) is 0. The summed E-state index contributed by atoms with van der Waals surface area (Å²) in [5.41, 5.74) is 1.47. The summed E-state index contributed by atoms with van der Waals surface area (Å²) in [5.74, 6) is 0.405. The van der Waals surface area contributed by atoms with Crippen molar-refractivity contribution in [2.75, 3.05) is 0 Å². The lowest BCUT2D eigenvalue weighted by atomic mass is 10.1. The van der Waals surface area contributed by atoms with Gasteiger partial charge in [-0.05, 0) is 24.3 Å². The monoisotopic (exact) mass is 356 g/mol. The van der Waals surface area contributed by atoms with Gasteiger partial charge in [-0.25, -0.2) is 9.48 Å². The zero-order valence-corrected chi connectivity index (χ0v) is 14.4. The third-order valence-corrected chi connectivity index (χ3v) is 4.09. The molecule has 0 aliphatic rings. The van der Waals surface area contributed by atoms with Crippen molar-refractivity contribution >= 4 is 6.09 Å². The topological polar surface area (TPSA) is 53.2 Å². The number of hydrogen-bond acceptors (Lipinski definition) is 3. The molecule has 1 aromatic heterocycles. The lowest BCUT2D eigenvalue weighted by Crippen LogP contribution is -2.29. The Morgan fingerprint density at radius 2 is 1.30 bits per heavy atom. The Balaban J connectivity index is 1.89. The van der Waals surface area contributed by atoms with E-state index >= 15 is 0 Å². The van der Waals surface area contributed by atoms with Crippen LogP contribution in [0.5, 0.6) is 5.75 Å². The van der Waals surface area contributed by atoms with Crippen LogP contribution in [0, 0.1) is 0 Å². The average Bonchev–Trinajstić information content (AvgIpc) is 3.07. The first-order valence-electron chi connectivity index (χ1n) is 8.47. The van der Waals surface area contributed by atoms with Crippen LogP contribution in [-0.2, 0) is 0 Å². The van der Waals surface area contributed by atoms with Gasteiger partial charge in [-0.3, -0.25) is 4.79 Å². The molecule has 5 nitrogen and oxygen atoms in total. The number of hydrogen-bond donors (Lipinski definition) is 0. The number of carbonyl (C=O) groups excluding carboxylic acids is 1. The highest BCUT2D eigenvalue weighted by molar-refractivity contribution is 5.79. The second-order valence-corrected chi connectivity index (χ2v) is 5.87. The third-order valence-electron chi connectivity index (χ3n) is 4.09. The zero-order chi connectivity index (χ0) is 18.6. The smallest absolute Gasteiger partial charge is 0.409 e. The van der Waals surface area contributed by atoms with E-state index in [9.17, 15) is 9.59 Å². The predicted molar refractivity (Wildman–Crippen MR) is 103 cm³/mol. The summed E-state index contributed by atoms with van der Waals surface area (Å²) in [7, 11) is 0. The van der Waals surface area contributed by atoms with E-state index in [4.69, 9.17) is 4.74 Å². The first-order chi connectivity index (χ1) is 13.2. The fraction of sp³-hybridized carbons (Fsp3) is 0. The zero-order valence-electron chi connectivity index (χ0n) is 14.4. The highest BCUT2D eigenvalue weighted by Crippen LogP contribution is 2.21. The summed E-state index contributed by atoms with van der Waals surface area (Å²) in [6.07, 6.45) is -0.661. The number of aromatic nitrogens is 2. The van der Waals surface area contributed by atoms with Gasteiger partial charge >= 0.3 is 6.09 Å². The first-order valence-corrected chi connectivity index (χ1v) is 8.47. The van der Waals surface area contributed by atoms with Crippen LogP contribution in [0.1, 0.15) is 0 Å². The van der Waals surface area contributed by atoms with E-state index < -0.39 is 6.09 Å². The van der Waals surface area contributed by atoms with E-state index in [1.807, 2.05) is 54.6 Å².